The Bertz CT molecular complexity index is 723. The van der Waals surface area contributed by atoms with Crippen molar-refractivity contribution in [2.45, 2.75) is 70.4 Å². The first-order valence-corrected chi connectivity index (χ1v) is 10.8. The molecule has 0 heterocycles. The van der Waals surface area contributed by atoms with Crippen molar-refractivity contribution in [3.05, 3.63) is 41.5 Å². The lowest BCUT2D eigenvalue weighted by molar-refractivity contribution is -0.146. The van der Waals surface area contributed by atoms with Crippen LogP contribution in [0.3, 0.4) is 0 Å². The van der Waals surface area contributed by atoms with Gasteiger partial charge in [0.2, 0.25) is 0 Å². The Morgan fingerprint density at radius 1 is 1.07 bits per heavy atom. The van der Waals surface area contributed by atoms with E-state index in [4.69, 9.17) is 4.74 Å². The van der Waals surface area contributed by atoms with E-state index < -0.39 is 12.6 Å². The minimum Gasteiger partial charge on any atom is -0.469 e. The number of carbonyl (C=O) groups is 1. The highest BCUT2D eigenvalue weighted by molar-refractivity contribution is 5.86. The standard InChI is InChI=1S/C24H31F3O2/c1-29-23(28)15-21-14-20(13-12-19-8-4-5-9-22(19)21)18-7-3-2-6-17(10-11-18)16-24(25,26)27/h4-5,8-9,14,17-18,20H,2-3,6-7,10-13,15-16H2,1H3. The van der Waals surface area contributed by atoms with Crippen LogP contribution in [0.25, 0.3) is 5.57 Å². The van der Waals surface area contributed by atoms with Crippen molar-refractivity contribution in [1.29, 1.82) is 0 Å². The van der Waals surface area contributed by atoms with Crippen LogP contribution in [-0.4, -0.2) is 19.3 Å². The lowest BCUT2D eigenvalue weighted by Gasteiger charge is -2.30. The molecule has 0 aliphatic heterocycles. The van der Waals surface area contributed by atoms with Crippen LogP contribution in [0.2, 0.25) is 0 Å². The number of aryl methyl sites for hydroxylation is 1. The maximum Gasteiger partial charge on any atom is 0.389 e. The van der Waals surface area contributed by atoms with Crippen LogP contribution in [0.15, 0.2) is 30.3 Å². The number of benzene rings is 1. The Morgan fingerprint density at radius 2 is 1.83 bits per heavy atom. The number of halogens is 3. The molecule has 0 N–H and O–H groups in total. The fraction of sp³-hybridized carbons (Fsp3) is 0.625. The quantitative estimate of drug-likeness (QED) is 0.516. The van der Waals surface area contributed by atoms with Crippen LogP contribution in [0.1, 0.15) is 68.9 Å². The number of ether oxygens (including phenoxy) is 1. The van der Waals surface area contributed by atoms with Crippen LogP contribution in [0.5, 0.6) is 0 Å². The maximum absolute atomic E-state index is 12.9. The molecule has 0 spiro atoms. The van der Waals surface area contributed by atoms with Crippen LogP contribution in [0.4, 0.5) is 13.2 Å². The Morgan fingerprint density at radius 3 is 2.59 bits per heavy atom. The van der Waals surface area contributed by atoms with Gasteiger partial charge in [0.15, 0.2) is 0 Å². The molecule has 2 aliphatic carbocycles. The number of methoxy groups -OCH3 is 1. The Balaban J connectivity index is 1.78. The van der Waals surface area contributed by atoms with Gasteiger partial charge < -0.3 is 4.74 Å². The molecule has 2 aliphatic rings. The summed E-state index contributed by atoms with van der Waals surface area (Å²) in [6, 6.07) is 8.18. The van der Waals surface area contributed by atoms with Crippen molar-refractivity contribution < 1.29 is 22.7 Å². The summed E-state index contributed by atoms with van der Waals surface area (Å²) in [5, 5.41) is 0. The van der Waals surface area contributed by atoms with Crippen LogP contribution in [-0.2, 0) is 16.0 Å². The fourth-order valence-corrected chi connectivity index (χ4v) is 5.10. The van der Waals surface area contributed by atoms with Gasteiger partial charge in [-0.25, -0.2) is 0 Å². The van der Waals surface area contributed by atoms with E-state index >= 15 is 0 Å². The van der Waals surface area contributed by atoms with Crippen molar-refractivity contribution in [1.82, 2.24) is 0 Å². The second-order valence-electron chi connectivity index (χ2n) is 8.61. The van der Waals surface area contributed by atoms with E-state index in [2.05, 4.69) is 18.2 Å². The molecule has 160 valence electrons. The van der Waals surface area contributed by atoms with Gasteiger partial charge in [-0.15, -0.1) is 0 Å². The molecule has 0 saturated heterocycles. The number of hydrogen-bond donors (Lipinski definition) is 0. The SMILES string of the molecule is COC(=O)CC1=CC(C2CCCCC(CC(F)(F)F)CC2)CCc2ccccc21. The number of rotatable bonds is 4. The minimum atomic E-state index is -4.07. The predicted octanol–water partition coefficient (Wildman–Crippen LogP) is 6.73. The van der Waals surface area contributed by atoms with Gasteiger partial charge in [0.05, 0.1) is 13.5 Å². The molecule has 1 aromatic rings. The number of fused-ring (bicyclic) bond motifs is 1. The highest BCUT2D eigenvalue weighted by Gasteiger charge is 2.33. The molecule has 1 fully saturated rings. The molecular formula is C24H31F3O2. The van der Waals surface area contributed by atoms with Crippen molar-refractivity contribution in [3.63, 3.8) is 0 Å². The molecular weight excluding hydrogens is 377 g/mol. The highest BCUT2D eigenvalue weighted by Crippen LogP contribution is 2.40. The molecule has 2 nitrogen and oxygen atoms in total. The molecule has 3 atom stereocenters. The minimum absolute atomic E-state index is 0.243. The molecule has 0 amide bonds. The largest absolute Gasteiger partial charge is 0.469 e. The molecule has 1 aromatic carbocycles. The van der Waals surface area contributed by atoms with E-state index in [0.29, 0.717) is 24.7 Å². The lowest BCUT2D eigenvalue weighted by Crippen LogP contribution is -2.21. The summed E-state index contributed by atoms with van der Waals surface area (Å²) in [4.78, 5) is 12.0. The van der Waals surface area contributed by atoms with E-state index in [1.54, 1.807) is 0 Å². The smallest absolute Gasteiger partial charge is 0.389 e. The zero-order valence-corrected chi connectivity index (χ0v) is 17.1. The van der Waals surface area contributed by atoms with Crippen LogP contribution >= 0.6 is 0 Å². The summed E-state index contributed by atoms with van der Waals surface area (Å²) in [5.41, 5.74) is 3.36. The first kappa shape index (κ1) is 21.9. The summed E-state index contributed by atoms with van der Waals surface area (Å²) in [6.07, 6.45) is 4.76. The van der Waals surface area contributed by atoms with E-state index in [1.165, 1.54) is 12.7 Å². The van der Waals surface area contributed by atoms with Gasteiger partial charge in [-0.3, -0.25) is 4.79 Å². The molecule has 0 bridgehead atoms. The first-order chi connectivity index (χ1) is 13.9. The second kappa shape index (κ2) is 9.82. The number of esters is 1. The van der Waals surface area contributed by atoms with Crippen LogP contribution in [0, 0.1) is 17.8 Å². The number of allylic oxidation sites excluding steroid dienone is 1. The zero-order valence-electron chi connectivity index (χ0n) is 17.1. The second-order valence-corrected chi connectivity index (χ2v) is 8.61. The Labute approximate surface area is 171 Å². The van der Waals surface area contributed by atoms with E-state index in [9.17, 15) is 18.0 Å². The fourth-order valence-electron chi connectivity index (χ4n) is 5.10. The monoisotopic (exact) mass is 408 g/mol. The Hall–Kier alpha value is -1.78. The average molecular weight is 409 g/mol. The number of carbonyl (C=O) groups excluding carboxylic acids is 1. The molecule has 5 heteroatoms. The van der Waals surface area contributed by atoms with Crippen molar-refractivity contribution >= 4 is 11.5 Å². The van der Waals surface area contributed by atoms with Crippen molar-refractivity contribution in [3.8, 4) is 0 Å². The molecule has 0 radical (unpaired) electrons. The summed E-state index contributed by atoms with van der Waals surface area (Å²) in [5.74, 6) is 0.175. The van der Waals surface area contributed by atoms with Gasteiger partial charge >= 0.3 is 12.1 Å². The third-order valence-corrected chi connectivity index (χ3v) is 6.60. The van der Waals surface area contributed by atoms with Gasteiger partial charge in [0.25, 0.3) is 0 Å². The topological polar surface area (TPSA) is 26.3 Å². The van der Waals surface area contributed by atoms with Gasteiger partial charge in [0, 0.05) is 6.42 Å². The maximum atomic E-state index is 12.9. The Kier molecular flexibility index (Phi) is 7.42. The van der Waals surface area contributed by atoms with Crippen molar-refractivity contribution in [2.24, 2.45) is 17.8 Å². The predicted molar refractivity (Wildman–Crippen MR) is 108 cm³/mol. The molecule has 1 saturated carbocycles. The van der Waals surface area contributed by atoms with Gasteiger partial charge in [0.1, 0.15) is 0 Å². The molecule has 3 unspecified atom stereocenters. The summed E-state index contributed by atoms with van der Waals surface area (Å²) < 4.78 is 43.6. The average Bonchev–Trinajstić information content (AvgIpc) is 2.83. The van der Waals surface area contributed by atoms with Crippen LogP contribution < -0.4 is 0 Å². The molecule has 3 rings (SSSR count). The van der Waals surface area contributed by atoms with E-state index in [0.717, 1.165) is 49.7 Å². The van der Waals surface area contributed by atoms with E-state index in [1.807, 2.05) is 12.1 Å². The molecule has 0 aromatic heterocycles. The van der Waals surface area contributed by atoms with E-state index in [-0.39, 0.29) is 18.3 Å². The molecule has 29 heavy (non-hydrogen) atoms. The third-order valence-electron chi connectivity index (χ3n) is 6.60. The lowest BCUT2D eigenvalue weighted by atomic mass is 9.76. The van der Waals surface area contributed by atoms with Gasteiger partial charge in [-0.1, -0.05) is 49.6 Å². The van der Waals surface area contributed by atoms with Gasteiger partial charge in [-0.2, -0.15) is 13.2 Å². The summed E-state index contributed by atoms with van der Waals surface area (Å²) in [7, 11) is 1.40. The first-order valence-electron chi connectivity index (χ1n) is 10.8. The highest BCUT2D eigenvalue weighted by atomic mass is 19.4. The van der Waals surface area contributed by atoms with Crippen molar-refractivity contribution in [2.75, 3.05) is 7.11 Å². The number of hydrogen-bond acceptors (Lipinski definition) is 2. The summed E-state index contributed by atoms with van der Waals surface area (Å²) in [6.45, 7) is 0. The number of alkyl halides is 3. The third kappa shape index (κ3) is 6.35. The summed E-state index contributed by atoms with van der Waals surface area (Å²) >= 11 is 0. The van der Waals surface area contributed by atoms with Gasteiger partial charge in [-0.05, 0) is 66.6 Å². The zero-order chi connectivity index (χ0) is 20.9. The normalized spacial score (nSPS) is 25.8.